The first-order valence-electron chi connectivity index (χ1n) is 36.3. The van der Waals surface area contributed by atoms with Crippen molar-refractivity contribution in [2.24, 2.45) is 0 Å². The Hall–Kier alpha value is -11.3. The van der Waals surface area contributed by atoms with Crippen molar-refractivity contribution in [3.63, 3.8) is 0 Å². The Labute approximate surface area is 640 Å². The minimum Gasteiger partial charge on any atom is -0.275 e. The van der Waals surface area contributed by atoms with Crippen LogP contribution in [-0.2, 0) is 36.4 Å². The summed E-state index contributed by atoms with van der Waals surface area (Å²) in [6.45, 7) is 32.9. The van der Waals surface area contributed by atoms with Crippen molar-refractivity contribution in [1.82, 2.24) is 44.3 Å². The van der Waals surface area contributed by atoms with Crippen LogP contribution in [0.1, 0.15) is 112 Å². The van der Waals surface area contributed by atoms with E-state index in [1.54, 1.807) is 0 Å². The Morgan fingerprint density at radius 1 is 0.208 bits per heavy atom. The van der Waals surface area contributed by atoms with E-state index in [1.165, 1.54) is 66.8 Å². The normalized spacial score (nSPS) is 11.5. The minimum atomic E-state index is 0. The molecule has 0 bridgehead atoms. The molecular weight excluding hydrogens is 1470 g/mol. The van der Waals surface area contributed by atoms with Crippen LogP contribution in [0.25, 0.3) is 119 Å². The first-order valence-corrected chi connectivity index (χ1v) is 36.3. The molecule has 15 aromatic rings. The molecule has 0 aliphatic rings. The number of benzene rings is 12. The summed E-state index contributed by atoms with van der Waals surface area (Å²) < 4.78 is 6.57. The zero-order valence-electron chi connectivity index (χ0n) is 63.6. The van der Waals surface area contributed by atoms with Crippen molar-refractivity contribution in [3.05, 3.63) is 341 Å². The van der Waals surface area contributed by atoms with E-state index in [0.29, 0.717) is 0 Å². The van der Waals surface area contributed by atoms with Crippen molar-refractivity contribution in [2.45, 2.75) is 120 Å². The third kappa shape index (κ3) is 16.6. The Morgan fingerprint density at radius 2 is 0.425 bits per heavy atom. The average molecular weight is 1570 g/mol. The van der Waals surface area contributed by atoms with E-state index < -0.39 is 0 Å². The topological polar surface area (TPSA) is 92.1 Å². The molecule has 0 unspecified atom stereocenters. The van der Waals surface area contributed by atoms with Crippen LogP contribution in [0.2, 0.25) is 0 Å². The minimum absolute atomic E-state index is 0. The average Bonchev–Trinajstić information content (AvgIpc) is 1.59. The third-order valence-electron chi connectivity index (χ3n) is 19.5. The van der Waals surface area contributed by atoms with Gasteiger partial charge >= 0.3 is 0 Å². The van der Waals surface area contributed by atoms with Crippen LogP contribution in [0.4, 0.5) is 0 Å². The molecule has 531 valence electrons. The summed E-state index contributed by atoms with van der Waals surface area (Å²) in [7, 11) is 0. The van der Waals surface area contributed by atoms with Crippen LogP contribution in [0.15, 0.2) is 291 Å². The quantitative estimate of drug-likeness (QED) is 0.121. The van der Waals surface area contributed by atoms with E-state index in [-0.39, 0.29) is 36.4 Å². The van der Waals surface area contributed by atoms with Gasteiger partial charge in [0.05, 0.1) is 0 Å². The Kier molecular flexibility index (Phi) is 22.2. The Bertz CT molecular complexity index is 4970. The van der Waals surface area contributed by atoms with Crippen LogP contribution in [0.3, 0.4) is 0 Å². The molecule has 10 heteroatoms. The molecule has 0 saturated carbocycles. The summed E-state index contributed by atoms with van der Waals surface area (Å²) in [4.78, 5) is 0. The molecule has 3 aromatic heterocycles. The fourth-order valence-electron chi connectivity index (χ4n) is 13.6. The summed E-state index contributed by atoms with van der Waals surface area (Å²) in [5, 5.41) is 28.3. The second kappa shape index (κ2) is 31.6. The van der Waals surface area contributed by atoms with Crippen LogP contribution < -0.4 is 0 Å². The maximum absolute atomic E-state index is 4.72. The molecule has 0 amide bonds. The molecular formula is C96H93IrN9. The predicted molar refractivity (Wildman–Crippen MR) is 438 cm³/mol. The van der Waals surface area contributed by atoms with Gasteiger partial charge in [-0.25, -0.2) is 0 Å². The second-order valence-electron chi connectivity index (χ2n) is 30.7. The molecule has 0 aliphatic heterocycles. The van der Waals surface area contributed by atoms with E-state index in [2.05, 4.69) is 391 Å². The summed E-state index contributed by atoms with van der Waals surface area (Å²) in [6, 6.07) is 103. The Balaban J connectivity index is 0.000000148. The van der Waals surface area contributed by atoms with E-state index >= 15 is 0 Å². The van der Waals surface area contributed by atoms with Crippen LogP contribution in [0, 0.1) is 41.5 Å². The fourth-order valence-corrected chi connectivity index (χ4v) is 13.6. The van der Waals surface area contributed by atoms with E-state index in [4.69, 9.17) is 30.6 Å². The number of hydrogen-bond donors (Lipinski definition) is 0. The van der Waals surface area contributed by atoms with Gasteiger partial charge in [0, 0.05) is 70.5 Å². The smallest absolute Gasteiger partial charge is 0.169 e. The summed E-state index contributed by atoms with van der Waals surface area (Å²) in [5.41, 5.74) is 28.0. The number of rotatable bonds is 12. The van der Waals surface area contributed by atoms with Gasteiger partial charge in [-0.15, -0.1) is 30.6 Å². The molecule has 0 atom stereocenters. The number of aryl methyl sites for hydroxylation is 6. The van der Waals surface area contributed by atoms with Gasteiger partial charge in [0.15, 0.2) is 34.9 Å². The first-order chi connectivity index (χ1) is 50.4. The molecule has 12 aromatic carbocycles. The fraction of sp³-hybridized carbons (Fsp3) is 0.188. The molecule has 9 nitrogen and oxygen atoms in total. The summed E-state index contributed by atoms with van der Waals surface area (Å²) in [6.07, 6.45) is 0. The molecule has 3 heterocycles. The monoisotopic (exact) mass is 1560 g/mol. The van der Waals surface area contributed by atoms with Gasteiger partial charge in [-0.3, -0.25) is 13.7 Å². The molecule has 15 rings (SSSR count). The zero-order valence-corrected chi connectivity index (χ0v) is 66.0. The molecule has 0 spiro atoms. The summed E-state index contributed by atoms with van der Waals surface area (Å²) in [5.74, 6) is 5.06. The van der Waals surface area contributed by atoms with Gasteiger partial charge < -0.3 is 0 Å². The molecule has 0 fully saturated rings. The SMILES string of the molecule is Cc1ccc(-c2nnc(-c3cccc(-c4ccccc4)c3)n2-c2ccc(C(C)(C)C)cc2)c(C)c1.Cc1ccc(-c2nnc(-c3cccc(-c4ccccc4)c3)n2-c2ccc(C(C)(C)C)cc2)c(C)c1.Cc1ccc(-c2nnc(-c3cccc(-c4ccccc4)c3)n2-c2ccc(C(C)(C)C)cc2)c(C)c1.[Ir]. The van der Waals surface area contributed by atoms with Crippen molar-refractivity contribution < 1.29 is 20.1 Å². The van der Waals surface area contributed by atoms with Gasteiger partial charge in [-0.1, -0.05) is 316 Å². The first kappa shape index (κ1) is 74.4. The third-order valence-corrected chi connectivity index (χ3v) is 19.5. The molecule has 0 N–H and O–H groups in total. The predicted octanol–water partition coefficient (Wildman–Crippen LogP) is 24.5. The Morgan fingerprint density at radius 3 is 0.651 bits per heavy atom. The summed E-state index contributed by atoms with van der Waals surface area (Å²) >= 11 is 0. The largest absolute Gasteiger partial charge is 0.275 e. The molecule has 1 radical (unpaired) electrons. The maximum atomic E-state index is 4.72. The van der Waals surface area contributed by atoms with E-state index in [0.717, 1.165) is 102 Å². The van der Waals surface area contributed by atoms with Crippen LogP contribution in [0.5, 0.6) is 0 Å². The standard InChI is InChI=1S/3C32H31N3.Ir/c3*1-22-14-19-29(23(2)20-22)31-34-33-30(35(31)28-17-15-27(16-18-28)32(3,4)5)26-13-9-12-25(21-26)24-10-7-6-8-11-24;/h3*6-21H,1-5H3;. The van der Waals surface area contributed by atoms with Crippen molar-refractivity contribution in [3.8, 4) is 119 Å². The second-order valence-corrected chi connectivity index (χ2v) is 30.7. The molecule has 0 saturated heterocycles. The number of aromatic nitrogens is 9. The van der Waals surface area contributed by atoms with Gasteiger partial charge in [-0.2, -0.15) is 0 Å². The number of nitrogens with zero attached hydrogens (tertiary/aromatic N) is 9. The van der Waals surface area contributed by atoms with Crippen molar-refractivity contribution in [2.75, 3.05) is 0 Å². The van der Waals surface area contributed by atoms with E-state index in [1.807, 2.05) is 18.2 Å². The van der Waals surface area contributed by atoms with E-state index in [9.17, 15) is 0 Å². The van der Waals surface area contributed by atoms with Gasteiger partial charge in [0.25, 0.3) is 0 Å². The zero-order chi connectivity index (χ0) is 73.7. The van der Waals surface area contributed by atoms with Gasteiger partial charge in [-0.05, 0) is 179 Å². The molecule has 0 aliphatic carbocycles. The van der Waals surface area contributed by atoms with Crippen molar-refractivity contribution in [1.29, 1.82) is 0 Å². The number of hydrogen-bond acceptors (Lipinski definition) is 6. The van der Waals surface area contributed by atoms with Gasteiger partial charge in [0.1, 0.15) is 0 Å². The maximum Gasteiger partial charge on any atom is 0.169 e. The van der Waals surface area contributed by atoms with Crippen LogP contribution in [-0.4, -0.2) is 44.3 Å². The molecule has 106 heavy (non-hydrogen) atoms. The van der Waals surface area contributed by atoms with Gasteiger partial charge in [0.2, 0.25) is 0 Å². The van der Waals surface area contributed by atoms with Crippen molar-refractivity contribution >= 4 is 0 Å². The van der Waals surface area contributed by atoms with Crippen LogP contribution >= 0.6 is 0 Å².